The van der Waals surface area contributed by atoms with Gasteiger partial charge in [0.15, 0.2) is 5.82 Å². The van der Waals surface area contributed by atoms with Crippen LogP contribution in [-0.2, 0) is 4.74 Å². The Morgan fingerprint density at radius 3 is 2.64 bits per heavy atom. The minimum absolute atomic E-state index is 0.0983. The SMILES string of the molecule is O=C(O)c1cc2ccccc2n1-c1nc(-c2cccc3[nH]ccc23)nc(N2CCOCC2)n1. The zero-order valence-corrected chi connectivity index (χ0v) is 17.6. The molecule has 0 spiro atoms. The number of para-hydroxylation sites is 1. The van der Waals surface area contributed by atoms with Crippen LogP contribution in [0.4, 0.5) is 5.95 Å². The lowest BCUT2D eigenvalue weighted by Crippen LogP contribution is -2.37. The highest BCUT2D eigenvalue weighted by atomic mass is 16.5. The first kappa shape index (κ1) is 19.4. The summed E-state index contributed by atoms with van der Waals surface area (Å²) in [6.07, 6.45) is 1.88. The van der Waals surface area contributed by atoms with Gasteiger partial charge in [-0.25, -0.2) is 4.79 Å². The molecule has 1 aliphatic heterocycles. The third-order valence-electron chi connectivity index (χ3n) is 5.87. The second-order valence-electron chi connectivity index (χ2n) is 7.83. The van der Waals surface area contributed by atoms with Gasteiger partial charge in [0.25, 0.3) is 0 Å². The first-order chi connectivity index (χ1) is 16.2. The summed E-state index contributed by atoms with van der Waals surface area (Å²) in [5.74, 6) is 0.210. The lowest BCUT2D eigenvalue weighted by molar-refractivity contribution is 0.0688. The van der Waals surface area contributed by atoms with Gasteiger partial charge in [-0.3, -0.25) is 4.57 Å². The first-order valence-electron chi connectivity index (χ1n) is 10.7. The monoisotopic (exact) mass is 440 g/mol. The molecule has 0 unspecified atom stereocenters. The summed E-state index contributed by atoms with van der Waals surface area (Å²) in [5, 5.41) is 11.7. The zero-order valence-electron chi connectivity index (χ0n) is 17.6. The van der Waals surface area contributed by atoms with E-state index in [0.29, 0.717) is 38.1 Å². The molecule has 1 aliphatic rings. The number of hydrogen-bond donors (Lipinski definition) is 2. The fourth-order valence-corrected chi connectivity index (χ4v) is 4.29. The Morgan fingerprint density at radius 2 is 1.79 bits per heavy atom. The van der Waals surface area contributed by atoms with Crippen LogP contribution in [0, 0.1) is 0 Å². The van der Waals surface area contributed by atoms with Gasteiger partial charge in [-0.1, -0.05) is 30.3 Å². The lowest BCUT2D eigenvalue weighted by atomic mass is 10.1. The number of fused-ring (bicyclic) bond motifs is 2. The van der Waals surface area contributed by atoms with Crippen molar-refractivity contribution in [3.05, 3.63) is 66.5 Å². The molecule has 9 heteroatoms. The minimum atomic E-state index is -1.05. The van der Waals surface area contributed by atoms with E-state index in [-0.39, 0.29) is 11.6 Å². The summed E-state index contributed by atoms with van der Waals surface area (Å²) in [4.78, 5) is 31.7. The molecule has 3 aromatic heterocycles. The molecule has 5 aromatic rings. The summed E-state index contributed by atoms with van der Waals surface area (Å²) in [6, 6.07) is 17.0. The molecule has 0 bridgehead atoms. The quantitative estimate of drug-likeness (QED) is 0.440. The van der Waals surface area contributed by atoms with Crippen LogP contribution in [-0.4, -0.2) is 61.9 Å². The summed E-state index contributed by atoms with van der Waals surface area (Å²) >= 11 is 0. The van der Waals surface area contributed by atoms with Crippen LogP contribution in [0.5, 0.6) is 0 Å². The van der Waals surface area contributed by atoms with Crippen molar-refractivity contribution in [3.63, 3.8) is 0 Å². The van der Waals surface area contributed by atoms with Gasteiger partial charge in [-0.05, 0) is 24.3 Å². The summed E-state index contributed by atoms with van der Waals surface area (Å²) in [5.41, 5.74) is 2.64. The maximum Gasteiger partial charge on any atom is 0.352 e. The molecule has 1 fully saturated rings. The average Bonchev–Trinajstić information content (AvgIpc) is 3.49. The Bertz CT molecular complexity index is 1500. The van der Waals surface area contributed by atoms with Crippen molar-refractivity contribution in [1.29, 1.82) is 0 Å². The van der Waals surface area contributed by atoms with Crippen LogP contribution >= 0.6 is 0 Å². The van der Waals surface area contributed by atoms with E-state index in [2.05, 4.69) is 4.98 Å². The maximum absolute atomic E-state index is 12.1. The second-order valence-corrected chi connectivity index (χ2v) is 7.83. The molecule has 9 nitrogen and oxygen atoms in total. The van der Waals surface area contributed by atoms with E-state index >= 15 is 0 Å². The van der Waals surface area contributed by atoms with Crippen molar-refractivity contribution in [2.45, 2.75) is 0 Å². The number of carboxylic acid groups (broad SMARTS) is 1. The number of morpholine rings is 1. The maximum atomic E-state index is 12.1. The minimum Gasteiger partial charge on any atom is -0.477 e. The Labute approximate surface area is 188 Å². The Kier molecular flexibility index (Phi) is 4.55. The van der Waals surface area contributed by atoms with Crippen LogP contribution in [0.3, 0.4) is 0 Å². The Morgan fingerprint density at radius 1 is 0.970 bits per heavy atom. The molecule has 33 heavy (non-hydrogen) atoms. The van der Waals surface area contributed by atoms with Gasteiger partial charge >= 0.3 is 5.97 Å². The molecule has 1 saturated heterocycles. The zero-order chi connectivity index (χ0) is 22.4. The molecule has 0 aliphatic carbocycles. The lowest BCUT2D eigenvalue weighted by Gasteiger charge is -2.27. The number of nitrogens with one attached hydrogen (secondary N) is 1. The van der Waals surface area contributed by atoms with Crippen LogP contribution in [0.2, 0.25) is 0 Å². The molecule has 2 N–H and O–H groups in total. The molecule has 0 saturated carbocycles. The van der Waals surface area contributed by atoms with E-state index in [9.17, 15) is 9.90 Å². The highest BCUT2D eigenvalue weighted by molar-refractivity contribution is 5.96. The molecule has 4 heterocycles. The number of ether oxygens (including phenoxy) is 1. The standard InChI is InChI=1S/C24H20N6O3/c31-22(32)20-14-15-4-1-2-7-19(15)30(20)24-27-21(17-5-3-6-18-16(17)8-9-25-18)26-23(28-24)29-10-12-33-13-11-29/h1-9,14,25H,10-13H2,(H,31,32). The topological polar surface area (TPSA) is 109 Å². The van der Waals surface area contributed by atoms with Crippen LogP contribution < -0.4 is 4.90 Å². The van der Waals surface area contributed by atoms with Gasteiger partial charge in [-0.15, -0.1) is 0 Å². The predicted molar refractivity (Wildman–Crippen MR) is 124 cm³/mol. The smallest absolute Gasteiger partial charge is 0.352 e. The summed E-state index contributed by atoms with van der Waals surface area (Å²) in [7, 11) is 0. The number of carboxylic acids is 1. The van der Waals surface area contributed by atoms with Crippen molar-refractivity contribution in [2.24, 2.45) is 0 Å². The molecule has 0 amide bonds. The normalized spacial score (nSPS) is 14.2. The highest BCUT2D eigenvalue weighted by Crippen LogP contribution is 2.29. The van der Waals surface area contributed by atoms with E-state index < -0.39 is 5.97 Å². The molecular weight excluding hydrogens is 420 g/mol. The number of hydrogen-bond acceptors (Lipinski definition) is 6. The average molecular weight is 440 g/mol. The van der Waals surface area contributed by atoms with Crippen LogP contribution in [0.15, 0.2) is 60.8 Å². The number of benzene rings is 2. The Hall–Kier alpha value is -4.24. The third kappa shape index (κ3) is 3.30. The molecule has 2 aromatic carbocycles. The number of rotatable bonds is 4. The van der Waals surface area contributed by atoms with Gasteiger partial charge in [0, 0.05) is 41.1 Å². The van der Waals surface area contributed by atoms with E-state index in [1.165, 1.54) is 0 Å². The van der Waals surface area contributed by atoms with E-state index in [1.54, 1.807) is 10.6 Å². The van der Waals surface area contributed by atoms with Gasteiger partial charge in [-0.2, -0.15) is 15.0 Å². The third-order valence-corrected chi connectivity index (χ3v) is 5.87. The molecule has 0 radical (unpaired) electrons. The second kappa shape index (κ2) is 7.72. The summed E-state index contributed by atoms with van der Waals surface area (Å²) < 4.78 is 7.08. The van der Waals surface area contributed by atoms with Crippen molar-refractivity contribution in [1.82, 2.24) is 24.5 Å². The van der Waals surface area contributed by atoms with E-state index in [4.69, 9.17) is 19.7 Å². The number of carbonyl (C=O) groups is 1. The van der Waals surface area contributed by atoms with Gasteiger partial charge in [0.2, 0.25) is 11.9 Å². The number of aromatic amines is 1. The van der Waals surface area contributed by atoms with Crippen molar-refractivity contribution in [2.75, 3.05) is 31.2 Å². The van der Waals surface area contributed by atoms with E-state index in [1.807, 2.05) is 59.6 Å². The van der Waals surface area contributed by atoms with Crippen molar-refractivity contribution < 1.29 is 14.6 Å². The van der Waals surface area contributed by atoms with Gasteiger partial charge in [0.1, 0.15) is 5.69 Å². The van der Waals surface area contributed by atoms with Gasteiger partial charge < -0.3 is 19.7 Å². The number of H-pyrrole nitrogens is 1. The largest absolute Gasteiger partial charge is 0.477 e. The number of aromatic carboxylic acids is 1. The fourth-order valence-electron chi connectivity index (χ4n) is 4.29. The number of anilines is 1. The van der Waals surface area contributed by atoms with Crippen LogP contribution in [0.1, 0.15) is 10.5 Å². The highest BCUT2D eigenvalue weighted by Gasteiger charge is 2.23. The molecule has 0 atom stereocenters. The predicted octanol–water partition coefficient (Wildman–Crippen LogP) is 3.50. The Balaban J connectivity index is 1.63. The fraction of sp³-hybridized carbons (Fsp3) is 0.167. The summed E-state index contributed by atoms with van der Waals surface area (Å²) in [6.45, 7) is 2.46. The van der Waals surface area contributed by atoms with E-state index in [0.717, 1.165) is 27.4 Å². The van der Waals surface area contributed by atoms with Crippen LogP contribution in [0.25, 0.3) is 39.1 Å². The number of aromatic nitrogens is 5. The van der Waals surface area contributed by atoms with Crippen molar-refractivity contribution >= 4 is 33.7 Å². The number of nitrogens with zero attached hydrogens (tertiary/aromatic N) is 5. The molecule has 164 valence electrons. The molecule has 6 rings (SSSR count). The van der Waals surface area contributed by atoms with Crippen molar-refractivity contribution in [3.8, 4) is 17.3 Å². The molecular formula is C24H20N6O3. The first-order valence-corrected chi connectivity index (χ1v) is 10.7. The van der Waals surface area contributed by atoms with Gasteiger partial charge in [0.05, 0.1) is 18.7 Å².